The van der Waals surface area contributed by atoms with Crippen molar-refractivity contribution < 1.29 is 4.74 Å². The van der Waals surface area contributed by atoms with Gasteiger partial charge in [0, 0.05) is 11.4 Å². The number of para-hydroxylation sites is 1. The van der Waals surface area contributed by atoms with Crippen molar-refractivity contribution in [3.8, 4) is 17.6 Å². The van der Waals surface area contributed by atoms with Gasteiger partial charge in [-0.25, -0.2) is 0 Å². The average molecular weight is 270 g/mol. The highest BCUT2D eigenvalue weighted by atomic mass is 32.2. The lowest BCUT2D eigenvalue weighted by Gasteiger charge is -2.11. The Labute approximate surface area is 117 Å². The smallest absolute Gasteiger partial charge is 0.145 e. The van der Waals surface area contributed by atoms with Gasteiger partial charge in [-0.15, -0.1) is 11.8 Å². The molecule has 0 saturated carbocycles. The zero-order valence-electron chi connectivity index (χ0n) is 10.6. The number of benzene rings is 2. The summed E-state index contributed by atoms with van der Waals surface area (Å²) in [7, 11) is 0. The van der Waals surface area contributed by atoms with Crippen LogP contribution in [0.3, 0.4) is 0 Å². The summed E-state index contributed by atoms with van der Waals surface area (Å²) in [4.78, 5) is 1.04. The minimum absolute atomic E-state index is 0.413. The van der Waals surface area contributed by atoms with Crippen molar-refractivity contribution in [3.63, 3.8) is 0 Å². The van der Waals surface area contributed by atoms with E-state index < -0.39 is 0 Å². The monoisotopic (exact) mass is 270 g/mol. The molecule has 2 aromatic carbocycles. The zero-order valence-corrected chi connectivity index (χ0v) is 11.4. The molecule has 19 heavy (non-hydrogen) atoms. The molecule has 4 heteroatoms. The summed E-state index contributed by atoms with van der Waals surface area (Å²) in [6, 6.07) is 15.3. The summed E-state index contributed by atoms with van der Waals surface area (Å²) in [6.45, 7) is 0.413. The fourth-order valence-corrected chi connectivity index (χ4v) is 2.23. The Morgan fingerprint density at radius 3 is 2.68 bits per heavy atom. The van der Waals surface area contributed by atoms with E-state index in [9.17, 15) is 0 Å². The van der Waals surface area contributed by atoms with Crippen molar-refractivity contribution in [2.45, 2.75) is 11.4 Å². The van der Waals surface area contributed by atoms with Crippen LogP contribution in [0.15, 0.2) is 47.4 Å². The summed E-state index contributed by atoms with van der Waals surface area (Å²) in [5.41, 5.74) is 6.99. The van der Waals surface area contributed by atoms with E-state index in [1.165, 1.54) is 0 Å². The van der Waals surface area contributed by atoms with Gasteiger partial charge in [-0.05, 0) is 36.1 Å². The first-order valence-corrected chi connectivity index (χ1v) is 7.05. The van der Waals surface area contributed by atoms with E-state index in [4.69, 9.17) is 15.7 Å². The molecule has 0 heterocycles. The van der Waals surface area contributed by atoms with Gasteiger partial charge in [-0.2, -0.15) is 5.26 Å². The molecule has 0 amide bonds. The number of hydrogen-bond acceptors (Lipinski definition) is 4. The first-order valence-electron chi connectivity index (χ1n) is 5.82. The molecule has 0 aliphatic carbocycles. The molecular weight excluding hydrogens is 256 g/mol. The largest absolute Gasteiger partial charge is 0.455 e. The normalized spacial score (nSPS) is 9.95. The highest BCUT2D eigenvalue weighted by Gasteiger charge is 2.08. The Balaban J connectivity index is 2.36. The molecule has 0 radical (unpaired) electrons. The van der Waals surface area contributed by atoms with E-state index in [1.807, 2.05) is 36.6 Å². The van der Waals surface area contributed by atoms with Gasteiger partial charge in [0.2, 0.25) is 0 Å². The maximum atomic E-state index is 9.17. The minimum atomic E-state index is 0.413. The van der Waals surface area contributed by atoms with E-state index in [-0.39, 0.29) is 0 Å². The third-order valence-electron chi connectivity index (χ3n) is 2.69. The van der Waals surface area contributed by atoms with Crippen LogP contribution in [0, 0.1) is 11.3 Å². The van der Waals surface area contributed by atoms with Gasteiger partial charge in [0.1, 0.15) is 17.6 Å². The lowest BCUT2D eigenvalue weighted by atomic mass is 10.1. The second-order valence-corrected chi connectivity index (χ2v) is 4.75. The van der Waals surface area contributed by atoms with Gasteiger partial charge in [-0.3, -0.25) is 0 Å². The van der Waals surface area contributed by atoms with Crippen LogP contribution in [0.4, 0.5) is 0 Å². The molecule has 0 atom stereocenters. The highest BCUT2D eigenvalue weighted by molar-refractivity contribution is 7.98. The second-order valence-electron chi connectivity index (χ2n) is 3.90. The molecule has 0 bridgehead atoms. The van der Waals surface area contributed by atoms with Crippen molar-refractivity contribution in [2.24, 2.45) is 5.73 Å². The minimum Gasteiger partial charge on any atom is -0.455 e. The van der Waals surface area contributed by atoms with Gasteiger partial charge in [0.25, 0.3) is 0 Å². The predicted octanol–water partition coefficient (Wildman–Crippen LogP) is 3.53. The number of hydrogen-bond donors (Lipinski definition) is 1. The topological polar surface area (TPSA) is 59.0 Å². The van der Waals surface area contributed by atoms with Crippen LogP contribution in [0.25, 0.3) is 0 Å². The molecular formula is C15H14N2OS. The number of nitriles is 1. The molecule has 0 aromatic heterocycles. The Hall–Kier alpha value is -1.96. The third kappa shape index (κ3) is 3.08. The quantitative estimate of drug-likeness (QED) is 0.863. The summed E-state index contributed by atoms with van der Waals surface area (Å²) < 4.78 is 5.84. The molecule has 0 spiro atoms. The number of rotatable bonds is 4. The van der Waals surface area contributed by atoms with Gasteiger partial charge >= 0.3 is 0 Å². The average Bonchev–Trinajstić information content (AvgIpc) is 2.48. The fourth-order valence-electron chi connectivity index (χ4n) is 1.70. The van der Waals surface area contributed by atoms with Gasteiger partial charge in [0.05, 0.1) is 5.56 Å². The van der Waals surface area contributed by atoms with Gasteiger partial charge < -0.3 is 10.5 Å². The molecule has 0 aliphatic heterocycles. The molecule has 0 unspecified atom stereocenters. The first kappa shape index (κ1) is 13.5. The van der Waals surface area contributed by atoms with Crippen LogP contribution in [0.1, 0.15) is 11.1 Å². The highest BCUT2D eigenvalue weighted by Crippen LogP contribution is 2.32. The number of nitrogens with two attached hydrogens (primary N) is 1. The Morgan fingerprint density at radius 1 is 1.21 bits per heavy atom. The fraction of sp³-hybridized carbons (Fsp3) is 0.133. The van der Waals surface area contributed by atoms with Gasteiger partial charge in [0.15, 0.2) is 0 Å². The summed E-state index contributed by atoms with van der Waals surface area (Å²) >= 11 is 1.61. The first-order chi connectivity index (χ1) is 9.28. The van der Waals surface area contributed by atoms with Crippen LogP contribution < -0.4 is 10.5 Å². The SMILES string of the molecule is CSc1ccccc1Oc1ccc(CN)cc1C#N. The van der Waals surface area contributed by atoms with Crippen LogP contribution in [0.5, 0.6) is 11.5 Å². The van der Waals surface area contributed by atoms with E-state index >= 15 is 0 Å². The predicted molar refractivity (Wildman–Crippen MR) is 77.3 cm³/mol. The maximum absolute atomic E-state index is 9.17. The summed E-state index contributed by atoms with van der Waals surface area (Å²) in [5.74, 6) is 1.31. The molecule has 0 saturated heterocycles. The number of nitrogens with zero attached hydrogens (tertiary/aromatic N) is 1. The van der Waals surface area contributed by atoms with Crippen LogP contribution >= 0.6 is 11.8 Å². The van der Waals surface area contributed by atoms with Crippen molar-refractivity contribution in [1.29, 1.82) is 5.26 Å². The Bertz CT molecular complexity index is 620. The molecule has 2 N–H and O–H groups in total. The van der Waals surface area contributed by atoms with Crippen molar-refractivity contribution in [1.82, 2.24) is 0 Å². The maximum Gasteiger partial charge on any atom is 0.145 e. The standard InChI is InChI=1S/C15H14N2OS/c1-19-15-5-3-2-4-14(15)18-13-7-6-11(9-16)8-12(13)10-17/h2-8H,9,16H2,1H3. The summed E-state index contributed by atoms with van der Waals surface area (Å²) in [6.07, 6.45) is 1.99. The van der Waals surface area contributed by atoms with Gasteiger partial charge in [-0.1, -0.05) is 18.2 Å². The van der Waals surface area contributed by atoms with Crippen molar-refractivity contribution in [3.05, 3.63) is 53.6 Å². The molecule has 3 nitrogen and oxygen atoms in total. The van der Waals surface area contributed by atoms with Crippen LogP contribution in [-0.4, -0.2) is 6.26 Å². The van der Waals surface area contributed by atoms with Crippen LogP contribution in [-0.2, 0) is 6.54 Å². The lowest BCUT2D eigenvalue weighted by Crippen LogP contribution is -1.98. The van der Waals surface area contributed by atoms with E-state index in [2.05, 4.69) is 6.07 Å². The molecule has 2 aromatic rings. The van der Waals surface area contributed by atoms with Crippen LogP contribution in [0.2, 0.25) is 0 Å². The number of thioether (sulfide) groups is 1. The lowest BCUT2D eigenvalue weighted by molar-refractivity contribution is 0.469. The molecule has 0 aliphatic rings. The van der Waals surface area contributed by atoms with E-state index in [1.54, 1.807) is 23.9 Å². The number of ether oxygens (including phenoxy) is 1. The van der Waals surface area contributed by atoms with E-state index in [0.717, 1.165) is 16.2 Å². The molecule has 2 rings (SSSR count). The van der Waals surface area contributed by atoms with Crippen molar-refractivity contribution in [2.75, 3.05) is 6.26 Å². The molecule has 0 fully saturated rings. The zero-order chi connectivity index (χ0) is 13.7. The Morgan fingerprint density at radius 2 is 2.00 bits per heavy atom. The molecule has 96 valence electrons. The summed E-state index contributed by atoms with van der Waals surface area (Å²) in [5, 5.41) is 9.17. The second kappa shape index (κ2) is 6.28. The third-order valence-corrected chi connectivity index (χ3v) is 3.47. The van der Waals surface area contributed by atoms with E-state index in [0.29, 0.717) is 17.9 Å². The Kier molecular flexibility index (Phi) is 4.45. The van der Waals surface area contributed by atoms with Crippen molar-refractivity contribution >= 4 is 11.8 Å².